The number of aliphatic hydroxyl groups excluding tert-OH is 1. The molecule has 2 rings (SSSR count). The number of carboxylic acids is 1. The van der Waals surface area contributed by atoms with Crippen molar-refractivity contribution in [3.8, 4) is 0 Å². The van der Waals surface area contributed by atoms with Crippen LogP contribution in [0.2, 0.25) is 0 Å². The van der Waals surface area contributed by atoms with Crippen molar-refractivity contribution in [1.29, 1.82) is 0 Å². The molecule has 0 spiro atoms. The lowest BCUT2D eigenvalue weighted by atomic mass is 10.00. The maximum absolute atomic E-state index is 10.3. The molecule has 2 heterocycles. The third kappa shape index (κ3) is 2.38. The summed E-state index contributed by atoms with van der Waals surface area (Å²) in [6, 6.07) is 0.911. The Bertz CT molecular complexity index is 263. The van der Waals surface area contributed by atoms with Crippen LogP contribution in [-0.2, 0) is 4.79 Å². The van der Waals surface area contributed by atoms with Crippen molar-refractivity contribution < 1.29 is 15.0 Å². The van der Waals surface area contributed by atoms with Gasteiger partial charge in [-0.25, -0.2) is 4.79 Å². The summed E-state index contributed by atoms with van der Waals surface area (Å²) in [7, 11) is 0. The zero-order chi connectivity index (χ0) is 10.8. The van der Waals surface area contributed by atoms with E-state index in [4.69, 9.17) is 5.11 Å². The molecule has 0 aromatic rings. The first-order valence-corrected chi connectivity index (χ1v) is 5.50. The van der Waals surface area contributed by atoms with Crippen LogP contribution >= 0.6 is 0 Å². The maximum Gasteiger partial charge on any atom is 0.328 e. The molecule has 2 bridgehead atoms. The van der Waals surface area contributed by atoms with Gasteiger partial charge in [-0.1, -0.05) is 6.08 Å². The molecule has 4 nitrogen and oxygen atoms in total. The predicted octanol–water partition coefficient (Wildman–Crippen LogP) is 0.615. The van der Waals surface area contributed by atoms with E-state index in [1.165, 1.54) is 6.08 Å². The third-order valence-electron chi connectivity index (χ3n) is 3.44. The summed E-state index contributed by atoms with van der Waals surface area (Å²) in [6.45, 7) is 0.703. The van der Waals surface area contributed by atoms with Gasteiger partial charge in [-0.15, -0.1) is 0 Å². The van der Waals surface area contributed by atoms with Gasteiger partial charge in [-0.05, 0) is 25.7 Å². The standard InChI is InChI=1S/C11H17NO3/c13-10-6-8-3-4-9(7-10)12(8)5-1-2-11(14)15/h1-2,8-10,13H,3-7H2,(H,14,15)/b2-1+. The van der Waals surface area contributed by atoms with Crippen LogP contribution in [0.15, 0.2) is 12.2 Å². The molecule has 2 N–H and O–H groups in total. The topological polar surface area (TPSA) is 60.8 Å². The molecule has 2 aliphatic heterocycles. The summed E-state index contributed by atoms with van der Waals surface area (Å²) < 4.78 is 0. The number of piperidine rings is 1. The van der Waals surface area contributed by atoms with E-state index in [0.29, 0.717) is 18.6 Å². The molecule has 4 heteroatoms. The van der Waals surface area contributed by atoms with E-state index in [9.17, 15) is 9.90 Å². The van der Waals surface area contributed by atoms with Crippen molar-refractivity contribution in [1.82, 2.24) is 4.90 Å². The fourth-order valence-corrected chi connectivity index (χ4v) is 2.82. The molecule has 0 saturated carbocycles. The molecule has 0 aromatic heterocycles. The molecule has 0 radical (unpaired) electrons. The molecule has 2 saturated heterocycles. The minimum absolute atomic E-state index is 0.151. The van der Waals surface area contributed by atoms with Crippen molar-refractivity contribution in [2.75, 3.05) is 6.54 Å². The van der Waals surface area contributed by atoms with Crippen LogP contribution in [0.4, 0.5) is 0 Å². The normalized spacial score (nSPS) is 36.2. The van der Waals surface area contributed by atoms with E-state index in [2.05, 4.69) is 4.90 Å². The first kappa shape index (κ1) is 10.6. The predicted molar refractivity (Wildman–Crippen MR) is 55.5 cm³/mol. The lowest BCUT2D eigenvalue weighted by molar-refractivity contribution is -0.131. The quantitative estimate of drug-likeness (QED) is 0.672. The van der Waals surface area contributed by atoms with Gasteiger partial charge in [-0.2, -0.15) is 0 Å². The number of fused-ring (bicyclic) bond motifs is 2. The van der Waals surface area contributed by atoms with Gasteiger partial charge in [0.25, 0.3) is 0 Å². The first-order chi connectivity index (χ1) is 7.16. The van der Waals surface area contributed by atoms with E-state index in [-0.39, 0.29) is 6.10 Å². The molecular formula is C11H17NO3. The van der Waals surface area contributed by atoms with Crippen LogP contribution in [0, 0.1) is 0 Å². The van der Waals surface area contributed by atoms with Crippen molar-refractivity contribution in [2.45, 2.75) is 43.9 Å². The van der Waals surface area contributed by atoms with Gasteiger partial charge in [0, 0.05) is 24.7 Å². The van der Waals surface area contributed by atoms with Crippen LogP contribution < -0.4 is 0 Å². The largest absolute Gasteiger partial charge is 0.478 e. The number of aliphatic hydroxyl groups is 1. The van der Waals surface area contributed by atoms with Crippen molar-refractivity contribution in [3.63, 3.8) is 0 Å². The fourth-order valence-electron chi connectivity index (χ4n) is 2.82. The average molecular weight is 211 g/mol. The Hall–Kier alpha value is -0.870. The highest BCUT2D eigenvalue weighted by Gasteiger charge is 2.39. The average Bonchev–Trinajstić information content (AvgIpc) is 2.42. The van der Waals surface area contributed by atoms with Crippen LogP contribution in [0.1, 0.15) is 25.7 Å². The second-order valence-corrected chi connectivity index (χ2v) is 4.45. The molecular weight excluding hydrogens is 194 g/mol. The minimum Gasteiger partial charge on any atom is -0.478 e. The van der Waals surface area contributed by atoms with E-state index < -0.39 is 5.97 Å². The molecule has 0 amide bonds. The highest BCUT2D eigenvalue weighted by atomic mass is 16.4. The summed E-state index contributed by atoms with van der Waals surface area (Å²) in [5.74, 6) is -0.889. The maximum atomic E-state index is 10.3. The first-order valence-electron chi connectivity index (χ1n) is 5.50. The van der Waals surface area contributed by atoms with E-state index in [1.807, 2.05) is 0 Å². The van der Waals surface area contributed by atoms with Gasteiger partial charge in [-0.3, -0.25) is 4.90 Å². The SMILES string of the molecule is O=C(O)/C=C/CN1C2CCC1CC(O)C2. The lowest BCUT2D eigenvalue weighted by Crippen LogP contribution is -2.44. The van der Waals surface area contributed by atoms with Crippen LogP contribution in [0.25, 0.3) is 0 Å². The highest BCUT2D eigenvalue weighted by Crippen LogP contribution is 2.35. The number of aliphatic carboxylic acids is 1. The molecule has 2 unspecified atom stereocenters. The summed E-state index contributed by atoms with van der Waals surface area (Å²) >= 11 is 0. The zero-order valence-electron chi connectivity index (χ0n) is 8.67. The number of carboxylic acid groups (broad SMARTS) is 1. The number of nitrogens with zero attached hydrogens (tertiary/aromatic N) is 1. The number of hydrogen-bond acceptors (Lipinski definition) is 3. The van der Waals surface area contributed by atoms with Gasteiger partial charge >= 0.3 is 5.97 Å². The van der Waals surface area contributed by atoms with Gasteiger partial charge in [0.1, 0.15) is 0 Å². The molecule has 0 aliphatic carbocycles. The summed E-state index contributed by atoms with van der Waals surface area (Å²) in [6.07, 6.45) is 6.72. The van der Waals surface area contributed by atoms with Crippen molar-refractivity contribution in [2.24, 2.45) is 0 Å². The summed E-state index contributed by atoms with van der Waals surface area (Å²) in [5, 5.41) is 18.1. The monoisotopic (exact) mass is 211 g/mol. The van der Waals surface area contributed by atoms with E-state index >= 15 is 0 Å². The molecule has 2 aliphatic rings. The van der Waals surface area contributed by atoms with Gasteiger partial charge in [0.15, 0.2) is 0 Å². The van der Waals surface area contributed by atoms with Gasteiger partial charge < -0.3 is 10.2 Å². The number of rotatable bonds is 3. The Morgan fingerprint density at radius 3 is 2.47 bits per heavy atom. The minimum atomic E-state index is -0.889. The van der Waals surface area contributed by atoms with Crippen molar-refractivity contribution in [3.05, 3.63) is 12.2 Å². The Morgan fingerprint density at radius 1 is 1.33 bits per heavy atom. The number of carbonyl (C=O) groups is 1. The second-order valence-electron chi connectivity index (χ2n) is 4.45. The molecule has 84 valence electrons. The fraction of sp³-hybridized carbons (Fsp3) is 0.727. The van der Waals surface area contributed by atoms with E-state index in [1.54, 1.807) is 6.08 Å². The van der Waals surface area contributed by atoms with Crippen LogP contribution in [0.5, 0.6) is 0 Å². The molecule has 0 aromatic carbocycles. The second kappa shape index (κ2) is 4.33. The Balaban J connectivity index is 1.91. The zero-order valence-corrected chi connectivity index (χ0v) is 8.67. The van der Waals surface area contributed by atoms with Crippen LogP contribution in [0.3, 0.4) is 0 Å². The summed E-state index contributed by atoms with van der Waals surface area (Å²) in [4.78, 5) is 12.7. The Labute approximate surface area is 89.2 Å². The van der Waals surface area contributed by atoms with Crippen molar-refractivity contribution >= 4 is 5.97 Å². The van der Waals surface area contributed by atoms with Gasteiger partial charge in [0.05, 0.1) is 6.10 Å². The van der Waals surface area contributed by atoms with Gasteiger partial charge in [0.2, 0.25) is 0 Å². The highest BCUT2D eigenvalue weighted by molar-refractivity contribution is 5.79. The van der Waals surface area contributed by atoms with Crippen LogP contribution in [-0.4, -0.2) is 45.8 Å². The molecule has 2 atom stereocenters. The molecule has 15 heavy (non-hydrogen) atoms. The number of hydrogen-bond donors (Lipinski definition) is 2. The lowest BCUT2D eigenvalue weighted by Gasteiger charge is -2.36. The van der Waals surface area contributed by atoms with E-state index in [0.717, 1.165) is 25.7 Å². The molecule has 2 fully saturated rings. The Kier molecular flexibility index (Phi) is 3.07. The Morgan fingerprint density at radius 2 is 1.93 bits per heavy atom. The smallest absolute Gasteiger partial charge is 0.328 e. The summed E-state index contributed by atoms with van der Waals surface area (Å²) in [5.41, 5.74) is 0. The third-order valence-corrected chi connectivity index (χ3v) is 3.44.